The van der Waals surface area contributed by atoms with Crippen molar-refractivity contribution < 1.29 is 8.78 Å². The van der Waals surface area contributed by atoms with Crippen LogP contribution < -0.4 is 5.32 Å². The first kappa shape index (κ1) is 11.5. The molecule has 0 aliphatic heterocycles. The highest BCUT2D eigenvalue weighted by molar-refractivity contribution is 9.10. The van der Waals surface area contributed by atoms with Crippen LogP contribution in [0.5, 0.6) is 0 Å². The van der Waals surface area contributed by atoms with Gasteiger partial charge >= 0.3 is 0 Å². The topological polar surface area (TPSA) is 24.9 Å². The lowest BCUT2D eigenvalue weighted by Crippen LogP contribution is -2.02. The molecule has 1 aromatic carbocycles. The highest BCUT2D eigenvalue weighted by Gasteiger charge is 2.08. The van der Waals surface area contributed by atoms with Crippen LogP contribution in [0.15, 0.2) is 27.5 Å². The van der Waals surface area contributed by atoms with Crippen molar-refractivity contribution in [3.05, 3.63) is 44.8 Å². The Kier molecular flexibility index (Phi) is 3.50. The van der Waals surface area contributed by atoms with Gasteiger partial charge in [0.15, 0.2) is 0 Å². The first-order valence-electron chi connectivity index (χ1n) is 4.42. The first-order chi connectivity index (χ1) is 7.66. The van der Waals surface area contributed by atoms with Crippen LogP contribution in [0.25, 0.3) is 0 Å². The zero-order chi connectivity index (χ0) is 11.5. The van der Waals surface area contributed by atoms with Crippen molar-refractivity contribution >= 4 is 33.0 Å². The van der Waals surface area contributed by atoms with E-state index < -0.39 is 11.6 Å². The third-order valence-corrected chi connectivity index (χ3v) is 3.20. The van der Waals surface area contributed by atoms with Gasteiger partial charge in [0.1, 0.15) is 11.6 Å². The Bertz CT molecular complexity index is 488. The van der Waals surface area contributed by atoms with E-state index in [2.05, 4.69) is 26.2 Å². The molecule has 0 bridgehead atoms. The molecule has 16 heavy (non-hydrogen) atoms. The largest absolute Gasteiger partial charge is 0.377 e. The van der Waals surface area contributed by atoms with E-state index in [9.17, 15) is 8.78 Å². The van der Waals surface area contributed by atoms with Crippen molar-refractivity contribution in [3.63, 3.8) is 0 Å². The Hall–Kier alpha value is -1.01. The predicted molar refractivity (Wildman–Crippen MR) is 63.5 cm³/mol. The minimum atomic E-state index is -0.498. The maximum Gasteiger partial charge on any atom is 0.147 e. The number of nitrogens with one attached hydrogen (secondary N) is 1. The molecule has 2 aromatic rings. The van der Waals surface area contributed by atoms with Gasteiger partial charge < -0.3 is 5.32 Å². The Morgan fingerprint density at radius 1 is 1.31 bits per heavy atom. The van der Waals surface area contributed by atoms with E-state index in [-0.39, 0.29) is 10.2 Å². The molecule has 0 saturated heterocycles. The summed E-state index contributed by atoms with van der Waals surface area (Å²) in [6, 6.07) is 2.21. The number of anilines is 1. The molecule has 6 heteroatoms. The molecule has 0 radical (unpaired) electrons. The minimum Gasteiger partial charge on any atom is -0.377 e. The van der Waals surface area contributed by atoms with Crippen molar-refractivity contribution in [1.29, 1.82) is 0 Å². The number of hydrogen-bond donors (Lipinski definition) is 1. The van der Waals surface area contributed by atoms with Crippen molar-refractivity contribution in [2.75, 3.05) is 5.32 Å². The van der Waals surface area contributed by atoms with Crippen LogP contribution in [0.4, 0.5) is 14.5 Å². The van der Waals surface area contributed by atoms with E-state index in [0.29, 0.717) is 6.54 Å². The molecule has 1 heterocycles. The van der Waals surface area contributed by atoms with E-state index in [1.165, 1.54) is 11.3 Å². The van der Waals surface area contributed by atoms with Crippen LogP contribution in [0.1, 0.15) is 5.69 Å². The van der Waals surface area contributed by atoms with Gasteiger partial charge in [-0.2, -0.15) is 0 Å². The van der Waals surface area contributed by atoms with Crippen LogP contribution in [-0.2, 0) is 6.54 Å². The van der Waals surface area contributed by atoms with Crippen molar-refractivity contribution in [2.24, 2.45) is 0 Å². The molecule has 0 spiro atoms. The molecule has 0 saturated carbocycles. The maximum atomic E-state index is 13.4. The SMILES string of the molecule is Fc1cc(NCc2cscn2)c(F)cc1Br. The fourth-order valence-electron chi connectivity index (χ4n) is 1.17. The second-order valence-electron chi connectivity index (χ2n) is 3.08. The van der Waals surface area contributed by atoms with Crippen LogP contribution in [0.2, 0.25) is 0 Å². The van der Waals surface area contributed by atoms with Crippen LogP contribution in [0, 0.1) is 11.6 Å². The molecule has 0 aliphatic carbocycles. The second kappa shape index (κ2) is 4.88. The number of thiazole rings is 1. The molecule has 2 nitrogen and oxygen atoms in total. The third-order valence-electron chi connectivity index (χ3n) is 1.95. The minimum absolute atomic E-state index is 0.115. The molecule has 2 rings (SSSR count). The zero-order valence-corrected chi connectivity index (χ0v) is 10.4. The molecular weight excluding hydrogens is 298 g/mol. The lowest BCUT2D eigenvalue weighted by atomic mass is 10.3. The van der Waals surface area contributed by atoms with E-state index in [0.717, 1.165) is 17.8 Å². The molecule has 0 unspecified atom stereocenters. The maximum absolute atomic E-state index is 13.4. The lowest BCUT2D eigenvalue weighted by molar-refractivity contribution is 0.596. The van der Waals surface area contributed by atoms with Gasteiger partial charge in [0.05, 0.1) is 27.9 Å². The second-order valence-corrected chi connectivity index (χ2v) is 4.65. The van der Waals surface area contributed by atoms with Crippen LogP contribution >= 0.6 is 27.3 Å². The molecular formula is C10H7BrF2N2S. The van der Waals surface area contributed by atoms with Gasteiger partial charge in [-0.25, -0.2) is 13.8 Å². The summed E-state index contributed by atoms with van der Waals surface area (Å²) in [7, 11) is 0. The molecule has 0 amide bonds. The summed E-state index contributed by atoms with van der Waals surface area (Å²) < 4.78 is 26.7. The molecule has 0 atom stereocenters. The normalized spacial score (nSPS) is 10.4. The summed E-state index contributed by atoms with van der Waals surface area (Å²) in [5.41, 5.74) is 2.62. The van der Waals surface area contributed by atoms with Crippen LogP contribution in [-0.4, -0.2) is 4.98 Å². The summed E-state index contributed by atoms with van der Waals surface area (Å²) in [6.45, 7) is 0.376. The summed E-state index contributed by atoms with van der Waals surface area (Å²) in [4.78, 5) is 4.03. The van der Waals surface area contributed by atoms with E-state index >= 15 is 0 Å². The van der Waals surface area contributed by atoms with E-state index in [1.807, 2.05) is 5.38 Å². The fourth-order valence-corrected chi connectivity index (χ4v) is 2.04. The average Bonchev–Trinajstić information content (AvgIpc) is 2.74. The van der Waals surface area contributed by atoms with Gasteiger partial charge in [-0.3, -0.25) is 0 Å². The number of nitrogens with zero attached hydrogens (tertiary/aromatic N) is 1. The molecule has 0 aliphatic rings. The Labute approximate surface area is 103 Å². The Balaban J connectivity index is 2.12. The van der Waals surface area contributed by atoms with Gasteiger partial charge in [-0.15, -0.1) is 11.3 Å². The molecule has 84 valence electrons. The van der Waals surface area contributed by atoms with E-state index in [1.54, 1.807) is 5.51 Å². The van der Waals surface area contributed by atoms with E-state index in [4.69, 9.17) is 0 Å². The first-order valence-corrected chi connectivity index (χ1v) is 6.16. The Morgan fingerprint density at radius 3 is 2.81 bits per heavy atom. The summed E-state index contributed by atoms with van der Waals surface area (Å²) >= 11 is 4.37. The smallest absolute Gasteiger partial charge is 0.147 e. The number of benzene rings is 1. The van der Waals surface area contributed by atoms with Crippen molar-refractivity contribution in [3.8, 4) is 0 Å². The van der Waals surface area contributed by atoms with Crippen LogP contribution in [0.3, 0.4) is 0 Å². The third kappa shape index (κ3) is 2.56. The summed E-state index contributed by atoms with van der Waals surface area (Å²) in [5, 5.41) is 4.64. The number of halogens is 3. The highest BCUT2D eigenvalue weighted by Crippen LogP contribution is 2.23. The highest BCUT2D eigenvalue weighted by atomic mass is 79.9. The van der Waals surface area contributed by atoms with Gasteiger partial charge in [0.2, 0.25) is 0 Å². The fraction of sp³-hybridized carbons (Fsp3) is 0.100. The van der Waals surface area contributed by atoms with Gasteiger partial charge in [-0.05, 0) is 22.0 Å². The summed E-state index contributed by atoms with van der Waals surface area (Å²) in [6.07, 6.45) is 0. The molecule has 1 aromatic heterocycles. The Morgan fingerprint density at radius 2 is 2.12 bits per heavy atom. The van der Waals surface area contributed by atoms with Gasteiger partial charge in [0.25, 0.3) is 0 Å². The number of rotatable bonds is 3. The van der Waals surface area contributed by atoms with Gasteiger partial charge in [-0.1, -0.05) is 0 Å². The standard InChI is InChI=1S/C10H7BrF2N2S/c11-7-1-9(13)10(2-8(7)12)14-3-6-4-16-5-15-6/h1-2,4-5,14H,3H2. The molecule has 0 fully saturated rings. The monoisotopic (exact) mass is 304 g/mol. The van der Waals surface area contributed by atoms with Gasteiger partial charge in [0, 0.05) is 11.4 Å². The lowest BCUT2D eigenvalue weighted by Gasteiger charge is -2.06. The molecule has 1 N–H and O–H groups in total. The van der Waals surface area contributed by atoms with Crippen molar-refractivity contribution in [1.82, 2.24) is 4.98 Å². The zero-order valence-electron chi connectivity index (χ0n) is 8.01. The number of aromatic nitrogens is 1. The quantitative estimate of drug-likeness (QED) is 0.873. The number of hydrogen-bond acceptors (Lipinski definition) is 3. The van der Waals surface area contributed by atoms with Crippen molar-refractivity contribution in [2.45, 2.75) is 6.54 Å². The predicted octanol–water partition coefficient (Wildman–Crippen LogP) is 3.80. The summed E-state index contributed by atoms with van der Waals surface area (Å²) in [5.74, 6) is -0.995. The average molecular weight is 305 g/mol.